The first kappa shape index (κ1) is 23.5. The highest BCUT2D eigenvalue weighted by molar-refractivity contribution is 5.90. The third-order valence-electron chi connectivity index (χ3n) is 10.6. The van der Waals surface area contributed by atoms with Gasteiger partial charge in [-0.2, -0.15) is 0 Å². The van der Waals surface area contributed by atoms with E-state index in [0.717, 1.165) is 63.4 Å². The minimum atomic E-state index is -1.15. The highest BCUT2D eigenvalue weighted by atomic mass is 16.6. The second kappa shape index (κ2) is 8.19. The van der Waals surface area contributed by atoms with Crippen molar-refractivity contribution in [3.05, 3.63) is 11.6 Å². The summed E-state index contributed by atoms with van der Waals surface area (Å²) in [5, 5.41) is 11.1. The number of aldehydes is 1. The molecule has 5 rings (SSSR count). The maximum atomic E-state index is 13.5. The molecule has 5 aliphatic rings. The van der Waals surface area contributed by atoms with E-state index in [-0.39, 0.29) is 30.0 Å². The Bertz CT molecular complexity index is 834. The molecule has 33 heavy (non-hydrogen) atoms. The van der Waals surface area contributed by atoms with Crippen LogP contribution in [0.1, 0.15) is 79.1 Å². The molecule has 4 aliphatic carbocycles. The molecule has 0 radical (unpaired) electrons. The molecule has 0 aromatic heterocycles. The number of allylic oxidation sites excluding steroid dienone is 1. The first-order chi connectivity index (χ1) is 15.8. The van der Waals surface area contributed by atoms with Crippen LogP contribution in [0, 0.1) is 45.8 Å². The molecule has 1 aliphatic heterocycles. The van der Waals surface area contributed by atoms with Gasteiger partial charge < -0.3 is 19.4 Å². The van der Waals surface area contributed by atoms with Crippen LogP contribution in [0.2, 0.25) is 0 Å². The number of carbonyl (C=O) groups is 2. The fourth-order valence-electron chi connectivity index (χ4n) is 9.53. The Labute approximate surface area is 198 Å². The standard InChI is InChI=1S/C28H42O5/c1-5-6-7-10-32-20-12-24(33-15-20)27-14-21-18(4)8-9-22(21)26(16-29)13-19(27)11-23(17(2)3)28(26,27)25(30)31/h11,16-22,24H,5-10,12-15H2,1-4H3,(H,30,31)/t18-,19?,20?,21-,22-,24?,26?,27?,28?/m1/s1. The zero-order chi connectivity index (χ0) is 23.6. The molecular weight excluding hydrogens is 416 g/mol. The van der Waals surface area contributed by atoms with E-state index in [9.17, 15) is 14.7 Å². The summed E-state index contributed by atoms with van der Waals surface area (Å²) in [6.45, 7) is 9.98. The zero-order valence-corrected chi connectivity index (χ0v) is 20.8. The normalized spacial score (nSPS) is 47.7. The highest BCUT2D eigenvalue weighted by Gasteiger charge is 2.86. The highest BCUT2D eigenvalue weighted by Crippen LogP contribution is 2.84. The first-order valence-electron chi connectivity index (χ1n) is 13.4. The molecule has 1 heterocycles. The summed E-state index contributed by atoms with van der Waals surface area (Å²) in [5.74, 6) is 0.511. The van der Waals surface area contributed by atoms with Gasteiger partial charge in [0.15, 0.2) is 0 Å². The van der Waals surface area contributed by atoms with Crippen molar-refractivity contribution in [2.45, 2.75) is 91.3 Å². The van der Waals surface area contributed by atoms with Crippen molar-refractivity contribution in [3.63, 3.8) is 0 Å². The molecule has 0 aromatic rings. The van der Waals surface area contributed by atoms with Crippen LogP contribution < -0.4 is 0 Å². The van der Waals surface area contributed by atoms with Gasteiger partial charge in [0.05, 0.1) is 24.2 Å². The molecule has 3 saturated carbocycles. The molecule has 4 fully saturated rings. The number of aliphatic carboxylic acids is 1. The van der Waals surface area contributed by atoms with E-state index in [1.165, 1.54) is 0 Å². The van der Waals surface area contributed by atoms with Gasteiger partial charge in [-0.1, -0.05) is 58.6 Å². The van der Waals surface area contributed by atoms with Crippen LogP contribution >= 0.6 is 0 Å². The number of hydrogen-bond acceptors (Lipinski definition) is 4. The summed E-state index contributed by atoms with van der Waals surface area (Å²) >= 11 is 0. The van der Waals surface area contributed by atoms with E-state index in [1.807, 2.05) is 0 Å². The second-order valence-corrected chi connectivity index (χ2v) is 12.1. The Morgan fingerprint density at radius 3 is 2.76 bits per heavy atom. The number of carboxylic acids is 1. The van der Waals surface area contributed by atoms with Gasteiger partial charge in [0.1, 0.15) is 11.7 Å². The summed E-state index contributed by atoms with van der Waals surface area (Å²) in [4.78, 5) is 26.7. The average molecular weight is 459 g/mol. The fourth-order valence-corrected chi connectivity index (χ4v) is 9.53. The molecule has 5 heteroatoms. The summed E-state index contributed by atoms with van der Waals surface area (Å²) in [5.41, 5.74) is -1.50. The number of ether oxygens (including phenoxy) is 2. The lowest BCUT2D eigenvalue weighted by Gasteiger charge is -2.59. The monoisotopic (exact) mass is 458 g/mol. The quantitative estimate of drug-likeness (QED) is 0.289. The molecule has 0 amide bonds. The lowest BCUT2D eigenvalue weighted by atomic mass is 9.41. The number of carboxylic acid groups (broad SMARTS) is 1. The van der Waals surface area contributed by atoms with Crippen molar-refractivity contribution in [1.29, 1.82) is 0 Å². The van der Waals surface area contributed by atoms with Gasteiger partial charge in [-0.25, -0.2) is 0 Å². The van der Waals surface area contributed by atoms with Gasteiger partial charge in [-0.05, 0) is 55.3 Å². The van der Waals surface area contributed by atoms with Crippen molar-refractivity contribution in [1.82, 2.24) is 0 Å². The maximum absolute atomic E-state index is 13.5. The van der Waals surface area contributed by atoms with Crippen LogP contribution in [0.5, 0.6) is 0 Å². The Morgan fingerprint density at radius 1 is 1.30 bits per heavy atom. The minimum absolute atomic E-state index is 0.0268. The molecule has 1 N–H and O–H groups in total. The molecule has 0 aromatic carbocycles. The number of fused-ring (bicyclic) bond motifs is 2. The van der Waals surface area contributed by atoms with Crippen molar-refractivity contribution >= 4 is 12.3 Å². The van der Waals surface area contributed by atoms with Crippen LogP contribution in [0.3, 0.4) is 0 Å². The van der Waals surface area contributed by atoms with Gasteiger partial charge >= 0.3 is 5.97 Å². The van der Waals surface area contributed by atoms with Crippen LogP contribution in [0.4, 0.5) is 0 Å². The lowest BCUT2D eigenvalue weighted by Crippen LogP contribution is -2.65. The molecule has 0 spiro atoms. The number of hydrogen-bond donors (Lipinski definition) is 1. The number of rotatable bonds is 9. The van der Waals surface area contributed by atoms with Crippen molar-refractivity contribution in [2.24, 2.45) is 45.8 Å². The summed E-state index contributed by atoms with van der Waals surface area (Å²) < 4.78 is 12.7. The predicted octanol–water partition coefficient (Wildman–Crippen LogP) is 5.28. The summed E-state index contributed by atoms with van der Waals surface area (Å²) in [6, 6.07) is 0. The minimum Gasteiger partial charge on any atom is -0.481 e. The third-order valence-corrected chi connectivity index (χ3v) is 10.6. The molecular formula is C28H42O5. The third kappa shape index (κ3) is 2.78. The number of unbranched alkanes of at least 4 members (excludes halogenated alkanes) is 2. The largest absolute Gasteiger partial charge is 0.481 e. The summed E-state index contributed by atoms with van der Waals surface area (Å²) in [7, 11) is 0. The fraction of sp³-hybridized carbons (Fsp3) is 0.857. The average Bonchev–Trinajstić information content (AvgIpc) is 3.51. The predicted molar refractivity (Wildman–Crippen MR) is 126 cm³/mol. The Morgan fingerprint density at radius 2 is 2.09 bits per heavy atom. The molecule has 5 nitrogen and oxygen atoms in total. The van der Waals surface area contributed by atoms with E-state index >= 15 is 0 Å². The second-order valence-electron chi connectivity index (χ2n) is 12.1. The van der Waals surface area contributed by atoms with Crippen molar-refractivity contribution in [2.75, 3.05) is 13.2 Å². The van der Waals surface area contributed by atoms with Gasteiger partial charge in [0.2, 0.25) is 0 Å². The van der Waals surface area contributed by atoms with E-state index in [2.05, 4.69) is 33.8 Å². The maximum Gasteiger partial charge on any atom is 0.315 e. The van der Waals surface area contributed by atoms with Crippen LogP contribution in [0.15, 0.2) is 11.6 Å². The lowest BCUT2D eigenvalue weighted by molar-refractivity contribution is -0.194. The Balaban J connectivity index is 1.57. The van der Waals surface area contributed by atoms with E-state index in [4.69, 9.17) is 9.47 Å². The van der Waals surface area contributed by atoms with Crippen molar-refractivity contribution < 1.29 is 24.2 Å². The zero-order valence-electron chi connectivity index (χ0n) is 20.8. The van der Waals surface area contributed by atoms with Gasteiger partial charge in [-0.3, -0.25) is 4.79 Å². The first-order valence-corrected chi connectivity index (χ1v) is 13.4. The van der Waals surface area contributed by atoms with Crippen LogP contribution in [-0.2, 0) is 19.1 Å². The summed E-state index contributed by atoms with van der Waals surface area (Å²) in [6.07, 6.45) is 11.0. The molecule has 4 bridgehead atoms. The smallest absolute Gasteiger partial charge is 0.315 e. The van der Waals surface area contributed by atoms with E-state index in [1.54, 1.807) is 0 Å². The van der Waals surface area contributed by atoms with E-state index < -0.39 is 22.2 Å². The van der Waals surface area contributed by atoms with Gasteiger partial charge in [-0.15, -0.1) is 0 Å². The van der Waals surface area contributed by atoms with Gasteiger partial charge in [0, 0.05) is 18.4 Å². The topological polar surface area (TPSA) is 72.8 Å². The SMILES string of the molecule is CCCCCOC1COC(C23C[C@@H]4[C@H](C)CC[C@H]4C4(C=O)CC2C=C(C(C)C)C34C(=O)O)C1. The molecule has 9 atom stereocenters. The van der Waals surface area contributed by atoms with Gasteiger partial charge in [0.25, 0.3) is 0 Å². The van der Waals surface area contributed by atoms with Crippen LogP contribution in [0.25, 0.3) is 0 Å². The Hall–Kier alpha value is -1.20. The molecule has 184 valence electrons. The van der Waals surface area contributed by atoms with E-state index in [0.29, 0.717) is 24.9 Å². The molecule has 1 saturated heterocycles. The molecule has 6 unspecified atom stereocenters. The Kier molecular flexibility index (Phi) is 5.84. The van der Waals surface area contributed by atoms with Crippen molar-refractivity contribution in [3.8, 4) is 0 Å². The number of carbonyl (C=O) groups excluding carboxylic acids is 1. The van der Waals surface area contributed by atoms with Crippen LogP contribution in [-0.4, -0.2) is 42.8 Å².